The smallest absolute Gasteiger partial charge is 0.397 e. The van der Waals surface area contributed by atoms with Crippen molar-refractivity contribution in [3.8, 4) is 6.08 Å². The Morgan fingerprint density at radius 3 is 1.75 bits per heavy atom. The van der Waals surface area contributed by atoms with Crippen molar-refractivity contribution in [2.75, 3.05) is 6.61 Å². The fraction of sp³-hybridized carbons (Fsp3) is 0.133. The van der Waals surface area contributed by atoms with Crippen LogP contribution in [0.2, 0.25) is 0 Å². The highest BCUT2D eigenvalue weighted by Gasteiger charge is 2.51. The molecule has 182 valence electrons. The second-order valence-electron chi connectivity index (χ2n) is 8.35. The van der Waals surface area contributed by atoms with Crippen LogP contribution in [0.1, 0.15) is 25.1 Å². The molecule has 4 nitrogen and oxygen atoms in total. The number of fused-ring (bicyclic) bond motifs is 1. The van der Waals surface area contributed by atoms with Crippen LogP contribution in [-0.2, 0) is 0 Å². The second-order valence-corrected chi connectivity index (χ2v) is 12.1. The Kier molecular flexibility index (Phi) is 8.03. The van der Waals surface area contributed by atoms with E-state index < -0.39 is 12.9 Å². The van der Waals surface area contributed by atoms with Crippen molar-refractivity contribution < 1.29 is 26.1 Å². The molecule has 6 heteroatoms. The maximum atomic E-state index is 13.3. The van der Waals surface area contributed by atoms with Crippen LogP contribution in [0.25, 0.3) is 10.9 Å². The minimum Gasteiger partial charge on any atom is -1.00 e. The molecule has 0 saturated carbocycles. The highest BCUT2D eigenvalue weighted by Crippen LogP contribution is 2.66. The third-order valence-corrected chi connectivity index (χ3v) is 11.2. The third-order valence-electron chi connectivity index (χ3n) is 6.46. The van der Waals surface area contributed by atoms with E-state index in [-0.39, 0.29) is 28.7 Å². The zero-order valence-electron chi connectivity index (χ0n) is 20.2. The molecule has 0 amide bonds. The first-order chi connectivity index (χ1) is 17.2. The molecule has 0 spiro atoms. The first kappa shape index (κ1) is 25.8. The van der Waals surface area contributed by atoms with Crippen molar-refractivity contribution in [3.05, 3.63) is 125 Å². The van der Waals surface area contributed by atoms with Gasteiger partial charge in [-0.2, -0.15) is 4.98 Å². The van der Waals surface area contributed by atoms with E-state index in [1.165, 1.54) is 15.9 Å². The predicted molar refractivity (Wildman–Crippen MR) is 145 cm³/mol. The van der Waals surface area contributed by atoms with Gasteiger partial charge >= 0.3 is 11.7 Å². The molecular formula is C30H27BrNO3P. The molecule has 0 N–H and O–H groups in total. The van der Waals surface area contributed by atoms with Crippen LogP contribution in [0.15, 0.2) is 118 Å². The zero-order chi connectivity index (χ0) is 24.3. The Bertz CT molecular complexity index is 1390. The molecule has 0 bridgehead atoms. The van der Waals surface area contributed by atoms with Gasteiger partial charge in [-0.05, 0) is 56.3 Å². The Morgan fingerprint density at radius 2 is 1.28 bits per heavy atom. The van der Waals surface area contributed by atoms with Crippen molar-refractivity contribution in [1.82, 2.24) is 4.98 Å². The molecule has 0 aliphatic heterocycles. The van der Waals surface area contributed by atoms with Gasteiger partial charge in [0.2, 0.25) is 0 Å². The Hall–Kier alpha value is -3.27. The number of rotatable bonds is 7. The Balaban J connectivity index is 0.00000304. The SMILES string of the molecule is CCOc1nc2cccc(C(C)[P+](c3ccccc3)(c3ccccc3)c3ccccc3)c2c(=O)o1.[Br-]. The van der Waals surface area contributed by atoms with E-state index in [1.54, 1.807) is 0 Å². The first-order valence-corrected chi connectivity index (χ1v) is 13.6. The molecule has 4 aromatic carbocycles. The van der Waals surface area contributed by atoms with Crippen LogP contribution in [0.5, 0.6) is 6.08 Å². The quantitative estimate of drug-likeness (QED) is 0.288. The highest BCUT2D eigenvalue weighted by atomic mass is 79.9. The average molecular weight is 560 g/mol. The topological polar surface area (TPSA) is 52.3 Å². The largest absolute Gasteiger partial charge is 1.00 e. The summed E-state index contributed by atoms with van der Waals surface area (Å²) in [6.07, 6.45) is 0.00467. The maximum Gasteiger partial charge on any atom is 0.397 e. The summed E-state index contributed by atoms with van der Waals surface area (Å²) < 4.78 is 10.9. The normalized spacial score (nSPS) is 12.1. The lowest BCUT2D eigenvalue weighted by Gasteiger charge is -2.33. The summed E-state index contributed by atoms with van der Waals surface area (Å²) >= 11 is 0. The summed E-state index contributed by atoms with van der Waals surface area (Å²) in [7, 11) is -2.25. The number of halogens is 1. The average Bonchev–Trinajstić information content (AvgIpc) is 2.91. The molecular weight excluding hydrogens is 533 g/mol. The summed E-state index contributed by atoms with van der Waals surface area (Å²) in [4.78, 5) is 17.8. The van der Waals surface area contributed by atoms with Crippen LogP contribution in [0.3, 0.4) is 0 Å². The van der Waals surface area contributed by atoms with Gasteiger partial charge in [0.1, 0.15) is 28.8 Å². The van der Waals surface area contributed by atoms with Crippen molar-refractivity contribution in [3.63, 3.8) is 0 Å². The predicted octanol–water partition coefficient (Wildman–Crippen LogP) is 2.65. The first-order valence-electron chi connectivity index (χ1n) is 11.8. The van der Waals surface area contributed by atoms with E-state index in [4.69, 9.17) is 9.15 Å². The molecule has 0 radical (unpaired) electrons. The molecule has 0 aliphatic rings. The monoisotopic (exact) mass is 559 g/mol. The number of hydrogen-bond donors (Lipinski definition) is 0. The van der Waals surface area contributed by atoms with E-state index in [0.717, 1.165) is 5.56 Å². The van der Waals surface area contributed by atoms with Crippen LogP contribution in [0.4, 0.5) is 0 Å². The number of aromatic nitrogens is 1. The van der Waals surface area contributed by atoms with Crippen molar-refractivity contribution in [1.29, 1.82) is 0 Å². The van der Waals surface area contributed by atoms with Crippen molar-refractivity contribution in [2.45, 2.75) is 19.5 Å². The van der Waals surface area contributed by atoms with E-state index in [2.05, 4.69) is 84.7 Å². The standard InChI is InChI=1S/C30H27NO3P.BrH/c1-3-33-30-31-27-21-13-20-26(28(27)29(32)34-30)22(2)35(23-14-7-4-8-15-23,24-16-9-5-10-17-24)25-18-11-6-12-19-25;/h4-22H,3H2,1-2H3;1H/q+1;/p-1. The maximum absolute atomic E-state index is 13.3. The number of ether oxygens (including phenoxy) is 1. The van der Waals surface area contributed by atoms with E-state index in [0.29, 0.717) is 17.5 Å². The summed E-state index contributed by atoms with van der Waals surface area (Å²) in [5.41, 5.74) is 1.06. The molecule has 1 aromatic heterocycles. The molecule has 0 fully saturated rings. The van der Waals surface area contributed by atoms with Gasteiger partial charge in [-0.15, -0.1) is 0 Å². The van der Waals surface area contributed by atoms with Gasteiger partial charge in [0, 0.05) is 5.56 Å². The molecule has 5 rings (SSSR count). The van der Waals surface area contributed by atoms with Crippen LogP contribution in [0, 0.1) is 0 Å². The minimum absolute atomic E-state index is 0. The lowest BCUT2D eigenvalue weighted by molar-refractivity contribution is -0.00000892. The fourth-order valence-corrected chi connectivity index (χ4v) is 9.77. The number of hydrogen-bond acceptors (Lipinski definition) is 4. The minimum atomic E-state index is -2.25. The van der Waals surface area contributed by atoms with Gasteiger partial charge in [0.25, 0.3) is 0 Å². The van der Waals surface area contributed by atoms with Gasteiger partial charge in [0.15, 0.2) is 0 Å². The van der Waals surface area contributed by atoms with E-state index in [1.807, 2.05) is 43.3 Å². The summed E-state index contributed by atoms with van der Waals surface area (Å²) in [6.45, 7) is 4.44. The van der Waals surface area contributed by atoms with Crippen molar-refractivity contribution >= 4 is 34.1 Å². The third kappa shape index (κ3) is 4.50. The lowest BCUT2D eigenvalue weighted by Crippen LogP contribution is -3.00. The van der Waals surface area contributed by atoms with Gasteiger partial charge in [-0.1, -0.05) is 66.7 Å². The number of benzene rings is 4. The van der Waals surface area contributed by atoms with Crippen LogP contribution in [-0.4, -0.2) is 11.6 Å². The molecule has 0 aliphatic carbocycles. The molecule has 1 unspecified atom stereocenters. The second kappa shape index (κ2) is 11.2. The zero-order valence-corrected chi connectivity index (χ0v) is 22.7. The molecule has 1 atom stereocenters. The summed E-state index contributed by atoms with van der Waals surface area (Å²) in [6, 6.07) is 37.8. The van der Waals surface area contributed by atoms with Gasteiger partial charge in [-0.25, -0.2) is 4.79 Å². The molecule has 1 heterocycles. The van der Waals surface area contributed by atoms with Crippen LogP contribution >= 0.6 is 7.26 Å². The Labute approximate surface area is 222 Å². The van der Waals surface area contributed by atoms with Gasteiger partial charge in [-0.3, -0.25) is 0 Å². The number of nitrogens with zero attached hydrogens (tertiary/aromatic N) is 1. The molecule has 5 aromatic rings. The van der Waals surface area contributed by atoms with Crippen LogP contribution < -0.4 is 43.3 Å². The lowest BCUT2D eigenvalue weighted by atomic mass is 10.1. The molecule has 36 heavy (non-hydrogen) atoms. The Morgan fingerprint density at radius 1 is 0.778 bits per heavy atom. The highest BCUT2D eigenvalue weighted by molar-refractivity contribution is 7.96. The van der Waals surface area contributed by atoms with Gasteiger partial charge < -0.3 is 26.1 Å². The van der Waals surface area contributed by atoms with E-state index in [9.17, 15) is 4.79 Å². The summed E-state index contributed by atoms with van der Waals surface area (Å²) in [5, 5.41) is 4.27. The summed E-state index contributed by atoms with van der Waals surface area (Å²) in [5.74, 6) is 0. The molecule has 0 saturated heterocycles. The van der Waals surface area contributed by atoms with Crippen molar-refractivity contribution in [2.24, 2.45) is 0 Å². The van der Waals surface area contributed by atoms with Gasteiger partial charge in [0.05, 0.1) is 17.5 Å². The fourth-order valence-electron chi connectivity index (χ4n) is 4.97. The van der Waals surface area contributed by atoms with E-state index >= 15 is 0 Å².